The number of nitrogens with zero attached hydrogens (tertiary/aromatic N) is 2. The van der Waals surface area contributed by atoms with Crippen LogP contribution in [0, 0.1) is 0 Å². The number of thioether (sulfide) groups is 1. The van der Waals surface area contributed by atoms with Crippen molar-refractivity contribution in [3.63, 3.8) is 0 Å². The number of para-hydroxylation sites is 2. The zero-order valence-corrected chi connectivity index (χ0v) is 19.2. The Hall–Kier alpha value is -2.40. The zero-order valence-electron chi connectivity index (χ0n) is 16.8. The maximum absolute atomic E-state index is 11.7. The van der Waals surface area contributed by atoms with E-state index in [1.165, 1.54) is 14.9 Å². The van der Waals surface area contributed by atoms with Crippen molar-refractivity contribution in [2.45, 2.75) is 17.7 Å². The van der Waals surface area contributed by atoms with Crippen LogP contribution >= 0.6 is 23.5 Å². The smallest absolute Gasteiger partial charge is 0.229 e. The van der Waals surface area contributed by atoms with Crippen LogP contribution in [0.3, 0.4) is 0 Å². The SMILES string of the molecule is CS(=O)(=O)Nc1ccccc1NC1=CC=NC(Nc2ccc3c(c2)CNCCS3)N1Cl. The van der Waals surface area contributed by atoms with E-state index in [0.29, 0.717) is 17.2 Å². The van der Waals surface area contributed by atoms with Gasteiger partial charge in [0, 0.05) is 47.4 Å². The van der Waals surface area contributed by atoms with Gasteiger partial charge in [-0.15, -0.1) is 11.8 Å². The van der Waals surface area contributed by atoms with Gasteiger partial charge in [-0.1, -0.05) is 12.1 Å². The van der Waals surface area contributed by atoms with E-state index < -0.39 is 16.3 Å². The van der Waals surface area contributed by atoms with Gasteiger partial charge in [-0.25, -0.2) is 17.8 Å². The molecule has 0 saturated heterocycles. The monoisotopic (exact) mass is 478 g/mol. The summed E-state index contributed by atoms with van der Waals surface area (Å²) in [7, 11) is -3.42. The average Bonchev–Trinajstić information content (AvgIpc) is 2.96. The first-order valence-corrected chi connectivity index (χ1v) is 12.9. The van der Waals surface area contributed by atoms with E-state index in [9.17, 15) is 8.42 Å². The van der Waals surface area contributed by atoms with Crippen molar-refractivity contribution < 1.29 is 8.42 Å². The maximum Gasteiger partial charge on any atom is 0.229 e. The fourth-order valence-electron chi connectivity index (χ4n) is 3.22. The topological polar surface area (TPSA) is 97.9 Å². The molecule has 1 atom stereocenters. The number of rotatable bonds is 6. The molecule has 1 unspecified atom stereocenters. The first-order valence-electron chi connectivity index (χ1n) is 9.64. The van der Waals surface area contributed by atoms with Crippen molar-refractivity contribution in [3.8, 4) is 0 Å². The minimum atomic E-state index is -3.42. The molecule has 0 spiro atoms. The van der Waals surface area contributed by atoms with Crippen molar-refractivity contribution >= 4 is 56.8 Å². The van der Waals surface area contributed by atoms with Crippen molar-refractivity contribution in [1.29, 1.82) is 0 Å². The van der Waals surface area contributed by atoms with E-state index in [1.54, 1.807) is 30.5 Å². The van der Waals surface area contributed by atoms with Gasteiger partial charge in [-0.2, -0.15) is 0 Å². The molecule has 0 radical (unpaired) electrons. The average molecular weight is 479 g/mol. The minimum absolute atomic E-state index is 0.429. The van der Waals surface area contributed by atoms with Gasteiger partial charge >= 0.3 is 0 Å². The Bertz CT molecular complexity index is 1120. The molecule has 0 aromatic heterocycles. The van der Waals surface area contributed by atoms with Gasteiger partial charge in [0.2, 0.25) is 16.3 Å². The van der Waals surface area contributed by atoms with Gasteiger partial charge < -0.3 is 16.0 Å². The molecule has 0 aliphatic carbocycles. The second-order valence-electron chi connectivity index (χ2n) is 7.07. The van der Waals surface area contributed by atoms with E-state index in [2.05, 4.69) is 37.8 Å². The third kappa shape index (κ3) is 5.65. The minimum Gasteiger partial charge on any atom is -0.346 e. The number of aliphatic imine (C=N–C) groups is 1. The van der Waals surface area contributed by atoms with Crippen LogP contribution in [0.1, 0.15) is 5.56 Å². The standard InChI is InChI=1S/C20H23ClN6O2S2/c1-31(28,29)26-17-5-3-2-4-16(17)25-19-8-9-23-20(27(19)21)24-15-6-7-18-14(12-15)13-22-10-11-30-18/h2-9,12,20,22,24-26H,10-11,13H2,1H3. The van der Waals surface area contributed by atoms with Crippen LogP contribution in [0.25, 0.3) is 0 Å². The number of benzene rings is 2. The lowest BCUT2D eigenvalue weighted by atomic mass is 10.2. The number of hydrogen-bond acceptors (Lipinski definition) is 8. The molecule has 164 valence electrons. The van der Waals surface area contributed by atoms with Gasteiger partial charge in [0.25, 0.3) is 0 Å². The molecule has 2 aromatic carbocycles. The number of allylic oxidation sites excluding steroid dienone is 1. The van der Waals surface area contributed by atoms with Crippen molar-refractivity contribution in [2.24, 2.45) is 4.99 Å². The molecule has 8 nitrogen and oxygen atoms in total. The second-order valence-corrected chi connectivity index (χ2v) is 10.3. The van der Waals surface area contributed by atoms with E-state index in [4.69, 9.17) is 11.8 Å². The molecule has 0 bridgehead atoms. The Morgan fingerprint density at radius 3 is 2.84 bits per heavy atom. The van der Waals surface area contributed by atoms with E-state index in [0.717, 1.165) is 30.8 Å². The molecule has 2 aliphatic heterocycles. The number of nitrogens with one attached hydrogen (secondary N) is 4. The summed E-state index contributed by atoms with van der Waals surface area (Å²) < 4.78 is 27.3. The molecule has 4 rings (SSSR count). The molecular formula is C20H23ClN6O2S2. The Balaban J connectivity index is 1.48. The Morgan fingerprint density at radius 1 is 1.23 bits per heavy atom. The number of sulfonamides is 1. The predicted octanol–water partition coefficient (Wildman–Crippen LogP) is 3.44. The molecule has 31 heavy (non-hydrogen) atoms. The van der Waals surface area contributed by atoms with Gasteiger partial charge in [-0.3, -0.25) is 4.72 Å². The maximum atomic E-state index is 11.7. The predicted molar refractivity (Wildman–Crippen MR) is 129 cm³/mol. The van der Waals surface area contributed by atoms with Crippen molar-refractivity contribution in [3.05, 3.63) is 59.9 Å². The summed E-state index contributed by atoms with van der Waals surface area (Å²) in [5.41, 5.74) is 3.16. The third-order valence-electron chi connectivity index (χ3n) is 4.60. The van der Waals surface area contributed by atoms with Crippen molar-refractivity contribution in [2.75, 3.05) is 33.9 Å². The first-order chi connectivity index (χ1) is 14.9. The summed E-state index contributed by atoms with van der Waals surface area (Å²) in [5.74, 6) is 1.61. The molecule has 2 aliphatic rings. The lowest BCUT2D eigenvalue weighted by molar-refractivity contribution is 0.455. The first kappa shape index (κ1) is 21.8. The summed E-state index contributed by atoms with van der Waals surface area (Å²) in [6, 6.07) is 13.3. The van der Waals surface area contributed by atoms with Crippen LogP contribution in [0.15, 0.2) is 64.2 Å². The fraction of sp³-hybridized carbons (Fsp3) is 0.250. The van der Waals surface area contributed by atoms with Crippen LogP contribution in [0.2, 0.25) is 0 Å². The quantitative estimate of drug-likeness (QED) is 0.472. The Morgan fingerprint density at radius 2 is 2.03 bits per heavy atom. The highest BCUT2D eigenvalue weighted by Gasteiger charge is 2.22. The number of anilines is 3. The molecule has 2 aromatic rings. The van der Waals surface area contributed by atoms with Gasteiger partial charge in [0.15, 0.2) is 0 Å². The van der Waals surface area contributed by atoms with Crippen LogP contribution < -0.4 is 20.7 Å². The second kappa shape index (κ2) is 9.39. The van der Waals surface area contributed by atoms with Crippen LogP contribution in [0.4, 0.5) is 17.1 Å². The highest BCUT2D eigenvalue weighted by atomic mass is 35.5. The highest BCUT2D eigenvalue weighted by Crippen LogP contribution is 2.30. The number of halogens is 1. The molecular weight excluding hydrogens is 456 g/mol. The Labute approximate surface area is 191 Å². The van der Waals surface area contributed by atoms with Gasteiger partial charge in [0.05, 0.1) is 17.6 Å². The third-order valence-corrected chi connectivity index (χ3v) is 6.67. The molecule has 4 N–H and O–H groups in total. The van der Waals surface area contributed by atoms with Crippen LogP contribution in [-0.4, -0.2) is 43.9 Å². The molecule has 0 fully saturated rings. The highest BCUT2D eigenvalue weighted by molar-refractivity contribution is 7.99. The lowest BCUT2D eigenvalue weighted by Gasteiger charge is -2.30. The normalized spacial score (nSPS) is 18.6. The van der Waals surface area contributed by atoms with Gasteiger partial charge in [-0.05, 0) is 42.0 Å². The van der Waals surface area contributed by atoms with Gasteiger partial charge in [0.1, 0.15) is 5.82 Å². The van der Waals surface area contributed by atoms with Crippen molar-refractivity contribution in [1.82, 2.24) is 9.74 Å². The zero-order chi connectivity index (χ0) is 21.8. The fourth-order valence-corrected chi connectivity index (χ4v) is 4.94. The number of fused-ring (bicyclic) bond motifs is 1. The summed E-state index contributed by atoms with van der Waals surface area (Å²) in [6.07, 6.45) is 3.96. The van der Waals surface area contributed by atoms with Crippen LogP contribution in [0.5, 0.6) is 0 Å². The molecule has 0 amide bonds. The largest absolute Gasteiger partial charge is 0.346 e. The van der Waals surface area contributed by atoms with Crippen LogP contribution in [-0.2, 0) is 16.6 Å². The summed E-state index contributed by atoms with van der Waals surface area (Å²) >= 11 is 8.42. The lowest BCUT2D eigenvalue weighted by Crippen LogP contribution is -2.37. The summed E-state index contributed by atoms with van der Waals surface area (Å²) in [4.78, 5) is 5.70. The molecule has 0 saturated carbocycles. The number of hydrogen-bond donors (Lipinski definition) is 4. The molecule has 11 heteroatoms. The van der Waals surface area contributed by atoms with E-state index in [1.807, 2.05) is 23.9 Å². The Kier molecular flexibility index (Phi) is 6.61. The molecule has 2 heterocycles. The van der Waals surface area contributed by atoms with E-state index in [-0.39, 0.29) is 0 Å². The van der Waals surface area contributed by atoms with E-state index >= 15 is 0 Å². The summed E-state index contributed by atoms with van der Waals surface area (Å²) in [6.45, 7) is 1.81. The summed E-state index contributed by atoms with van der Waals surface area (Å²) in [5, 5.41) is 9.93.